The number of amides is 1. The summed E-state index contributed by atoms with van der Waals surface area (Å²) in [5.41, 5.74) is 3.45. The first-order valence-electron chi connectivity index (χ1n) is 13.2. The minimum absolute atomic E-state index is 0.0421. The smallest absolute Gasteiger partial charge is 0.231 e. The van der Waals surface area contributed by atoms with Crippen LogP contribution in [0.3, 0.4) is 0 Å². The van der Waals surface area contributed by atoms with Crippen LogP contribution in [0.25, 0.3) is 0 Å². The van der Waals surface area contributed by atoms with Gasteiger partial charge >= 0.3 is 0 Å². The van der Waals surface area contributed by atoms with E-state index in [2.05, 4.69) is 23.6 Å². The van der Waals surface area contributed by atoms with Crippen LogP contribution in [-0.2, 0) is 30.6 Å². The van der Waals surface area contributed by atoms with Gasteiger partial charge in [0.25, 0.3) is 0 Å². The van der Waals surface area contributed by atoms with Crippen molar-refractivity contribution in [2.75, 3.05) is 20.8 Å². The summed E-state index contributed by atoms with van der Waals surface area (Å²) in [6, 6.07) is 13.5. The third kappa shape index (κ3) is 6.84. The Labute approximate surface area is 232 Å². The number of hydrogen-bond donors (Lipinski definition) is 3. The van der Waals surface area contributed by atoms with E-state index in [0.29, 0.717) is 29.2 Å². The van der Waals surface area contributed by atoms with Crippen LogP contribution in [0.4, 0.5) is 8.78 Å². The topological polar surface area (TPSA) is 96.9 Å². The van der Waals surface area contributed by atoms with E-state index in [0.717, 1.165) is 30.2 Å². The molecular formula is C31H34F2N2O5. The molecule has 0 fully saturated rings. The largest absolute Gasteiger partial charge is 0.497 e. The first kappa shape index (κ1) is 29.2. The van der Waals surface area contributed by atoms with Crippen LogP contribution < -0.4 is 20.1 Å². The lowest BCUT2D eigenvalue weighted by atomic mass is 9.98. The highest BCUT2D eigenvalue weighted by molar-refractivity contribution is 6.15. The number of rotatable bonds is 12. The van der Waals surface area contributed by atoms with E-state index in [4.69, 9.17) is 9.47 Å². The Bertz CT molecular complexity index is 1360. The molecule has 40 heavy (non-hydrogen) atoms. The van der Waals surface area contributed by atoms with Crippen molar-refractivity contribution in [3.05, 3.63) is 94.0 Å². The maximum atomic E-state index is 13.9. The second kappa shape index (κ2) is 13.0. The second-order valence-electron chi connectivity index (χ2n) is 9.95. The Morgan fingerprint density at radius 3 is 2.42 bits per heavy atom. The zero-order valence-electron chi connectivity index (χ0n) is 22.8. The predicted octanol–water partition coefficient (Wildman–Crippen LogP) is 3.78. The van der Waals surface area contributed by atoms with Gasteiger partial charge in [0.1, 0.15) is 29.1 Å². The van der Waals surface area contributed by atoms with Crippen molar-refractivity contribution in [2.24, 2.45) is 5.92 Å². The molecule has 3 atom stereocenters. The second-order valence-corrected chi connectivity index (χ2v) is 9.95. The standard InChI is InChI=1S/C31H34F2N2O5/c1-4-18-6-5-7-19(8-18)16-34-17-27(36)26(11-20-9-22(32)14-23(33)10-20)35-31(38)25-13-21-12-24(39-2)15-28(40-3)29(21)30(25)37/h5-10,12,14-15,25-27,34,36H,4,11,13,16-17H2,1-3H3,(H,35,38)/t25?,26-,27-/m0/s1. The van der Waals surface area contributed by atoms with E-state index in [-0.39, 0.29) is 24.9 Å². The molecular weight excluding hydrogens is 518 g/mol. The summed E-state index contributed by atoms with van der Waals surface area (Å²) in [6.45, 7) is 2.65. The van der Waals surface area contributed by atoms with Gasteiger partial charge in [0, 0.05) is 25.2 Å². The maximum absolute atomic E-state index is 13.9. The molecule has 1 amide bonds. The van der Waals surface area contributed by atoms with Crippen molar-refractivity contribution in [3.63, 3.8) is 0 Å². The number of aliphatic hydroxyl groups is 1. The number of carbonyl (C=O) groups excluding carboxylic acids is 2. The van der Waals surface area contributed by atoms with Gasteiger partial charge in [0.15, 0.2) is 5.78 Å². The van der Waals surface area contributed by atoms with Gasteiger partial charge in [-0.15, -0.1) is 0 Å². The number of carbonyl (C=O) groups is 2. The maximum Gasteiger partial charge on any atom is 0.231 e. The zero-order chi connectivity index (χ0) is 28.8. The van der Waals surface area contributed by atoms with Crippen molar-refractivity contribution in [1.29, 1.82) is 0 Å². The van der Waals surface area contributed by atoms with Crippen molar-refractivity contribution >= 4 is 11.7 Å². The molecule has 1 aliphatic rings. The Kier molecular flexibility index (Phi) is 9.50. The Morgan fingerprint density at radius 1 is 1.02 bits per heavy atom. The monoisotopic (exact) mass is 552 g/mol. The minimum atomic E-state index is -1.11. The summed E-state index contributed by atoms with van der Waals surface area (Å²) >= 11 is 0. The Balaban J connectivity index is 1.50. The fourth-order valence-corrected chi connectivity index (χ4v) is 5.08. The molecule has 212 valence electrons. The van der Waals surface area contributed by atoms with Crippen LogP contribution in [0.1, 0.15) is 39.5 Å². The minimum Gasteiger partial charge on any atom is -0.497 e. The predicted molar refractivity (Wildman–Crippen MR) is 147 cm³/mol. The highest BCUT2D eigenvalue weighted by Gasteiger charge is 2.39. The highest BCUT2D eigenvalue weighted by atomic mass is 19.1. The molecule has 9 heteroatoms. The molecule has 1 unspecified atom stereocenters. The lowest BCUT2D eigenvalue weighted by Gasteiger charge is -2.26. The molecule has 0 aromatic heterocycles. The summed E-state index contributed by atoms with van der Waals surface area (Å²) in [5.74, 6) is -2.72. The van der Waals surface area contributed by atoms with Gasteiger partial charge in [0.05, 0.1) is 31.9 Å². The zero-order valence-corrected chi connectivity index (χ0v) is 22.8. The average molecular weight is 553 g/mol. The number of halogens is 2. The van der Waals surface area contributed by atoms with Crippen LogP contribution in [0.5, 0.6) is 11.5 Å². The summed E-state index contributed by atoms with van der Waals surface area (Å²) < 4.78 is 38.5. The van der Waals surface area contributed by atoms with Gasteiger partial charge in [-0.2, -0.15) is 0 Å². The summed E-state index contributed by atoms with van der Waals surface area (Å²) in [7, 11) is 2.93. The number of hydrogen-bond acceptors (Lipinski definition) is 6. The van der Waals surface area contributed by atoms with E-state index >= 15 is 0 Å². The number of aliphatic hydroxyl groups excluding tert-OH is 1. The molecule has 0 heterocycles. The molecule has 1 aliphatic carbocycles. The van der Waals surface area contributed by atoms with Crippen molar-refractivity contribution in [3.8, 4) is 11.5 Å². The first-order valence-corrected chi connectivity index (χ1v) is 13.2. The lowest BCUT2D eigenvalue weighted by Crippen LogP contribution is -2.51. The fraction of sp³-hybridized carbons (Fsp3) is 0.355. The van der Waals surface area contributed by atoms with Gasteiger partial charge in [-0.05, 0) is 59.7 Å². The molecule has 0 radical (unpaired) electrons. The number of ether oxygens (including phenoxy) is 2. The van der Waals surface area contributed by atoms with E-state index in [1.807, 2.05) is 18.2 Å². The third-order valence-corrected chi connectivity index (χ3v) is 7.17. The SMILES string of the molecule is CCc1cccc(CNC[C@H](O)[C@H](Cc2cc(F)cc(F)c2)NC(=O)C2Cc3cc(OC)cc(OC)c3C2=O)c1. The van der Waals surface area contributed by atoms with Crippen molar-refractivity contribution < 1.29 is 33.0 Å². The molecule has 4 rings (SSSR count). The number of aryl methyl sites for hydroxylation is 1. The Hall–Kier alpha value is -3.82. The van der Waals surface area contributed by atoms with E-state index in [1.165, 1.54) is 19.8 Å². The molecule has 3 aromatic rings. The highest BCUT2D eigenvalue weighted by Crippen LogP contribution is 2.37. The van der Waals surface area contributed by atoms with E-state index < -0.39 is 41.4 Å². The quantitative estimate of drug-likeness (QED) is 0.296. The van der Waals surface area contributed by atoms with Gasteiger partial charge in [-0.1, -0.05) is 31.2 Å². The Morgan fingerprint density at radius 2 is 1.75 bits per heavy atom. The van der Waals surface area contributed by atoms with Gasteiger partial charge < -0.3 is 25.2 Å². The number of benzene rings is 3. The molecule has 0 bridgehead atoms. The van der Waals surface area contributed by atoms with Crippen LogP contribution in [0.15, 0.2) is 54.6 Å². The molecule has 0 saturated heterocycles. The van der Waals surface area contributed by atoms with Crippen LogP contribution in [0, 0.1) is 17.6 Å². The van der Waals surface area contributed by atoms with Crippen LogP contribution in [0.2, 0.25) is 0 Å². The average Bonchev–Trinajstić information content (AvgIpc) is 3.27. The van der Waals surface area contributed by atoms with Crippen molar-refractivity contribution in [1.82, 2.24) is 10.6 Å². The molecule has 7 nitrogen and oxygen atoms in total. The summed E-state index contributed by atoms with van der Waals surface area (Å²) in [6.07, 6.45) is -0.119. The third-order valence-electron chi connectivity index (χ3n) is 7.17. The number of Topliss-reactive ketones (excluding diaryl/α,β-unsaturated/α-hetero) is 1. The molecule has 3 N–H and O–H groups in total. The number of nitrogens with one attached hydrogen (secondary N) is 2. The van der Waals surface area contributed by atoms with Crippen LogP contribution >= 0.6 is 0 Å². The number of ketones is 1. The molecule has 0 aliphatic heterocycles. The number of fused-ring (bicyclic) bond motifs is 1. The number of methoxy groups -OCH3 is 2. The van der Waals surface area contributed by atoms with Gasteiger partial charge in [-0.3, -0.25) is 9.59 Å². The lowest BCUT2D eigenvalue weighted by molar-refractivity contribution is -0.125. The van der Waals surface area contributed by atoms with E-state index in [1.54, 1.807) is 12.1 Å². The fourth-order valence-electron chi connectivity index (χ4n) is 5.08. The van der Waals surface area contributed by atoms with Gasteiger partial charge in [-0.25, -0.2) is 8.78 Å². The molecule has 0 saturated carbocycles. The van der Waals surface area contributed by atoms with E-state index in [9.17, 15) is 23.5 Å². The molecule has 0 spiro atoms. The van der Waals surface area contributed by atoms with Crippen LogP contribution in [-0.4, -0.2) is 49.7 Å². The summed E-state index contributed by atoms with van der Waals surface area (Å²) in [4.78, 5) is 26.6. The normalized spacial score (nSPS) is 15.8. The van der Waals surface area contributed by atoms with Gasteiger partial charge in [0.2, 0.25) is 5.91 Å². The molecule has 3 aromatic carbocycles. The van der Waals surface area contributed by atoms with Crippen molar-refractivity contribution in [2.45, 2.75) is 44.9 Å². The summed E-state index contributed by atoms with van der Waals surface area (Å²) in [5, 5.41) is 17.0. The first-order chi connectivity index (χ1) is 19.2.